The zero-order chi connectivity index (χ0) is 16.9. The second-order valence-corrected chi connectivity index (χ2v) is 5.75. The van der Waals surface area contributed by atoms with Crippen LogP contribution in [0.2, 0.25) is 0 Å². The van der Waals surface area contributed by atoms with Gasteiger partial charge in [0.2, 0.25) is 0 Å². The molecule has 0 unspecified atom stereocenters. The molecule has 1 aliphatic rings. The third kappa shape index (κ3) is 3.53. The quantitative estimate of drug-likeness (QED) is 0.901. The Balaban J connectivity index is 1.76. The molecule has 0 spiro atoms. The average molecular weight is 322 g/mol. The van der Waals surface area contributed by atoms with E-state index in [1.165, 1.54) is 0 Å². The van der Waals surface area contributed by atoms with E-state index in [0.717, 1.165) is 5.69 Å². The zero-order valence-electron chi connectivity index (χ0n) is 13.2. The van der Waals surface area contributed by atoms with Crippen molar-refractivity contribution in [2.45, 2.75) is 6.10 Å². The minimum Gasteiger partial charge on any atom is -0.389 e. The highest BCUT2D eigenvalue weighted by atomic mass is 16.3. The van der Waals surface area contributed by atoms with Gasteiger partial charge >= 0.3 is 0 Å². The van der Waals surface area contributed by atoms with Crippen molar-refractivity contribution in [1.29, 1.82) is 5.26 Å². The Morgan fingerprint density at radius 2 is 2.00 bits per heavy atom. The van der Waals surface area contributed by atoms with E-state index in [9.17, 15) is 9.90 Å². The minimum atomic E-state index is -0.635. The van der Waals surface area contributed by atoms with Crippen LogP contribution in [0.4, 0.5) is 5.69 Å². The van der Waals surface area contributed by atoms with E-state index in [4.69, 9.17) is 5.26 Å². The molecule has 1 aromatic heterocycles. The summed E-state index contributed by atoms with van der Waals surface area (Å²) in [4.78, 5) is 20.4. The molecular weight excluding hydrogens is 304 g/mol. The molecule has 1 amide bonds. The van der Waals surface area contributed by atoms with Crippen molar-refractivity contribution < 1.29 is 9.90 Å². The third-order valence-electron chi connectivity index (χ3n) is 4.06. The molecule has 2 heterocycles. The standard InChI is InChI=1S/C18H18N4O2/c19-11-14-2-1-3-15(10-14)18(24)22-9-8-21(12-17(23)13-22)16-4-6-20-7-5-16/h1-7,10,17,23H,8-9,12-13H2/t17-/m1/s1. The SMILES string of the molecule is N#Cc1cccc(C(=O)N2CCN(c3ccncc3)C[C@@H](O)C2)c1. The van der Waals surface area contributed by atoms with Crippen LogP contribution in [0, 0.1) is 11.3 Å². The van der Waals surface area contributed by atoms with E-state index in [1.54, 1.807) is 41.6 Å². The van der Waals surface area contributed by atoms with E-state index in [0.29, 0.717) is 30.8 Å². The molecule has 1 atom stereocenters. The topological polar surface area (TPSA) is 80.5 Å². The lowest BCUT2D eigenvalue weighted by Gasteiger charge is -2.23. The van der Waals surface area contributed by atoms with Crippen LogP contribution in [-0.4, -0.2) is 53.2 Å². The van der Waals surface area contributed by atoms with E-state index >= 15 is 0 Å². The first-order chi connectivity index (χ1) is 11.7. The van der Waals surface area contributed by atoms with Crippen molar-refractivity contribution in [2.24, 2.45) is 0 Å². The second kappa shape index (κ2) is 7.11. The Morgan fingerprint density at radius 1 is 1.21 bits per heavy atom. The minimum absolute atomic E-state index is 0.164. The second-order valence-electron chi connectivity index (χ2n) is 5.75. The van der Waals surface area contributed by atoms with E-state index in [1.807, 2.05) is 23.1 Å². The Morgan fingerprint density at radius 3 is 2.75 bits per heavy atom. The molecule has 0 aliphatic carbocycles. The molecule has 122 valence electrons. The van der Waals surface area contributed by atoms with E-state index in [2.05, 4.69) is 4.98 Å². The summed E-state index contributed by atoms with van der Waals surface area (Å²) in [6.45, 7) is 1.88. The Bertz CT molecular complexity index is 757. The Labute approximate surface area is 140 Å². The molecular formula is C18H18N4O2. The van der Waals surface area contributed by atoms with Crippen LogP contribution < -0.4 is 4.90 Å². The Kier molecular flexibility index (Phi) is 4.73. The van der Waals surface area contributed by atoms with Gasteiger partial charge in [-0.3, -0.25) is 9.78 Å². The summed E-state index contributed by atoms with van der Waals surface area (Å²) >= 11 is 0. The predicted molar refractivity (Wildman–Crippen MR) is 89.5 cm³/mol. The summed E-state index contributed by atoms with van der Waals surface area (Å²) in [5.41, 5.74) is 1.90. The molecule has 3 rings (SSSR count). The number of aliphatic hydroxyl groups excluding tert-OH is 1. The Hall–Kier alpha value is -2.91. The van der Waals surface area contributed by atoms with Gasteiger partial charge in [0.25, 0.3) is 5.91 Å². The summed E-state index contributed by atoms with van der Waals surface area (Å²) in [6.07, 6.45) is 2.79. The molecule has 6 nitrogen and oxygen atoms in total. The normalized spacial score (nSPS) is 17.9. The molecule has 2 aromatic rings. The van der Waals surface area contributed by atoms with Crippen LogP contribution in [0.25, 0.3) is 0 Å². The van der Waals surface area contributed by atoms with Crippen LogP contribution in [0.1, 0.15) is 15.9 Å². The number of hydrogen-bond donors (Lipinski definition) is 1. The maximum atomic E-state index is 12.7. The van der Waals surface area contributed by atoms with Crippen molar-refractivity contribution in [3.8, 4) is 6.07 Å². The number of carbonyl (C=O) groups is 1. The number of carbonyl (C=O) groups excluding carboxylic acids is 1. The van der Waals surface area contributed by atoms with Crippen LogP contribution in [-0.2, 0) is 0 Å². The molecule has 1 aromatic carbocycles. The van der Waals surface area contributed by atoms with Gasteiger partial charge in [-0.1, -0.05) is 6.07 Å². The van der Waals surface area contributed by atoms with E-state index < -0.39 is 6.10 Å². The molecule has 0 radical (unpaired) electrons. The predicted octanol–water partition coefficient (Wildman–Crippen LogP) is 1.28. The summed E-state index contributed by atoms with van der Waals surface area (Å²) in [7, 11) is 0. The summed E-state index contributed by atoms with van der Waals surface area (Å²) in [5.74, 6) is -0.164. The fourth-order valence-corrected chi connectivity index (χ4v) is 2.87. The van der Waals surface area contributed by atoms with Gasteiger partial charge in [0.15, 0.2) is 0 Å². The third-order valence-corrected chi connectivity index (χ3v) is 4.06. The molecule has 0 bridgehead atoms. The lowest BCUT2D eigenvalue weighted by atomic mass is 10.1. The maximum Gasteiger partial charge on any atom is 0.254 e. The van der Waals surface area contributed by atoms with E-state index in [-0.39, 0.29) is 12.5 Å². The van der Waals surface area contributed by atoms with Gasteiger partial charge in [-0.2, -0.15) is 5.26 Å². The number of amides is 1. The summed E-state index contributed by atoms with van der Waals surface area (Å²) in [6, 6.07) is 12.5. The highest BCUT2D eigenvalue weighted by Gasteiger charge is 2.25. The largest absolute Gasteiger partial charge is 0.389 e. The number of nitrogens with zero attached hydrogens (tertiary/aromatic N) is 4. The smallest absolute Gasteiger partial charge is 0.254 e. The lowest BCUT2D eigenvalue weighted by Crippen LogP contribution is -2.37. The number of anilines is 1. The summed E-state index contributed by atoms with van der Waals surface area (Å²) in [5, 5.41) is 19.3. The number of pyridine rings is 1. The van der Waals surface area contributed by atoms with Crippen molar-refractivity contribution >= 4 is 11.6 Å². The van der Waals surface area contributed by atoms with Gasteiger partial charge in [0.1, 0.15) is 0 Å². The summed E-state index contributed by atoms with van der Waals surface area (Å²) < 4.78 is 0. The molecule has 6 heteroatoms. The zero-order valence-corrected chi connectivity index (χ0v) is 13.2. The number of rotatable bonds is 2. The van der Waals surface area contributed by atoms with Gasteiger partial charge in [0, 0.05) is 49.8 Å². The van der Waals surface area contributed by atoms with Crippen LogP contribution in [0.5, 0.6) is 0 Å². The van der Waals surface area contributed by atoms with Crippen LogP contribution >= 0.6 is 0 Å². The molecule has 24 heavy (non-hydrogen) atoms. The maximum absolute atomic E-state index is 12.7. The van der Waals surface area contributed by atoms with Gasteiger partial charge in [-0.25, -0.2) is 0 Å². The van der Waals surface area contributed by atoms with Crippen LogP contribution in [0.3, 0.4) is 0 Å². The first-order valence-electron chi connectivity index (χ1n) is 7.80. The fraction of sp³-hybridized carbons (Fsp3) is 0.278. The van der Waals surface area contributed by atoms with Crippen molar-refractivity contribution in [2.75, 3.05) is 31.1 Å². The van der Waals surface area contributed by atoms with Crippen molar-refractivity contribution in [1.82, 2.24) is 9.88 Å². The molecule has 1 fully saturated rings. The number of hydrogen-bond acceptors (Lipinski definition) is 5. The number of β-amino-alcohol motifs (C(OH)–C–C–N with tert-alkyl or cyclic N) is 1. The fourth-order valence-electron chi connectivity index (χ4n) is 2.87. The van der Waals surface area contributed by atoms with Gasteiger partial charge in [0.05, 0.1) is 17.7 Å². The molecule has 1 N–H and O–H groups in total. The first kappa shape index (κ1) is 16.0. The number of aromatic nitrogens is 1. The molecule has 0 saturated carbocycles. The number of nitriles is 1. The monoisotopic (exact) mass is 322 g/mol. The van der Waals surface area contributed by atoms with Gasteiger partial charge in [-0.05, 0) is 30.3 Å². The molecule has 1 saturated heterocycles. The average Bonchev–Trinajstić information content (AvgIpc) is 2.83. The molecule has 1 aliphatic heterocycles. The highest BCUT2D eigenvalue weighted by molar-refractivity contribution is 5.94. The van der Waals surface area contributed by atoms with Gasteiger partial charge < -0.3 is 14.9 Å². The number of aliphatic hydroxyl groups is 1. The van der Waals surface area contributed by atoms with Crippen LogP contribution in [0.15, 0.2) is 48.8 Å². The van der Waals surface area contributed by atoms with Crippen molar-refractivity contribution in [3.05, 3.63) is 59.9 Å². The van der Waals surface area contributed by atoms with Crippen molar-refractivity contribution in [3.63, 3.8) is 0 Å². The number of benzene rings is 1. The first-order valence-corrected chi connectivity index (χ1v) is 7.80. The highest BCUT2D eigenvalue weighted by Crippen LogP contribution is 2.17. The lowest BCUT2D eigenvalue weighted by molar-refractivity contribution is 0.0674. The van der Waals surface area contributed by atoms with Gasteiger partial charge in [-0.15, -0.1) is 0 Å².